The predicted molar refractivity (Wildman–Crippen MR) is 101 cm³/mol. The summed E-state index contributed by atoms with van der Waals surface area (Å²) in [5.74, 6) is 0.355. The molecule has 0 atom stereocenters. The summed E-state index contributed by atoms with van der Waals surface area (Å²) >= 11 is 11.2. The van der Waals surface area contributed by atoms with Crippen molar-refractivity contribution in [1.82, 2.24) is 10.6 Å². The molecule has 0 bridgehead atoms. The number of carbonyl (C=O) groups excluding carboxylic acids is 1. The normalized spacial score (nSPS) is 10.3. The van der Waals surface area contributed by atoms with Gasteiger partial charge in [-0.15, -0.1) is 0 Å². The van der Waals surface area contributed by atoms with Gasteiger partial charge in [0.25, 0.3) is 5.91 Å². The van der Waals surface area contributed by atoms with E-state index >= 15 is 0 Å². The van der Waals surface area contributed by atoms with Crippen LogP contribution in [-0.2, 0) is 6.54 Å². The first-order chi connectivity index (χ1) is 11.5. The third-order valence-corrected chi connectivity index (χ3v) is 3.71. The minimum absolute atomic E-state index is 0.0432. The molecule has 126 valence electrons. The van der Waals surface area contributed by atoms with Crippen LogP contribution in [0.5, 0.6) is 5.75 Å². The van der Waals surface area contributed by atoms with Gasteiger partial charge in [-0.2, -0.15) is 0 Å². The average Bonchev–Trinajstić information content (AvgIpc) is 2.53. The van der Waals surface area contributed by atoms with Crippen LogP contribution in [0.1, 0.15) is 29.8 Å². The van der Waals surface area contributed by atoms with Crippen LogP contribution < -0.4 is 15.4 Å². The molecular formula is C18H19ClN2O2S. The van der Waals surface area contributed by atoms with Gasteiger partial charge >= 0.3 is 0 Å². The lowest BCUT2D eigenvalue weighted by Crippen LogP contribution is -2.38. The van der Waals surface area contributed by atoms with Crippen molar-refractivity contribution >= 4 is 34.8 Å². The second-order valence-corrected chi connectivity index (χ2v) is 6.24. The fraction of sp³-hybridized carbons (Fsp3) is 0.222. The molecule has 6 heteroatoms. The molecule has 0 saturated heterocycles. The highest BCUT2D eigenvalue weighted by atomic mass is 35.5. The van der Waals surface area contributed by atoms with Crippen LogP contribution in [0.4, 0.5) is 0 Å². The Kier molecular flexibility index (Phi) is 6.58. The minimum atomic E-state index is -0.291. The van der Waals surface area contributed by atoms with Crippen molar-refractivity contribution in [2.24, 2.45) is 0 Å². The Morgan fingerprint density at radius 1 is 1.21 bits per heavy atom. The third-order valence-electron chi connectivity index (χ3n) is 3.09. The maximum absolute atomic E-state index is 12.3. The van der Waals surface area contributed by atoms with Crippen LogP contribution in [-0.4, -0.2) is 17.1 Å². The number of thiocarbonyl (C=S) groups is 1. The molecule has 0 spiro atoms. The minimum Gasteiger partial charge on any atom is -0.491 e. The molecule has 0 aliphatic heterocycles. The Labute approximate surface area is 152 Å². The van der Waals surface area contributed by atoms with Crippen LogP contribution in [0.2, 0.25) is 5.02 Å². The Hall–Kier alpha value is -2.11. The highest BCUT2D eigenvalue weighted by Gasteiger charge is 2.10. The second kappa shape index (κ2) is 8.66. The lowest BCUT2D eigenvalue weighted by molar-refractivity contribution is 0.0976. The van der Waals surface area contributed by atoms with Gasteiger partial charge in [0, 0.05) is 17.1 Å². The van der Waals surface area contributed by atoms with E-state index in [1.54, 1.807) is 24.3 Å². The zero-order chi connectivity index (χ0) is 17.5. The molecule has 2 rings (SSSR count). The van der Waals surface area contributed by atoms with Crippen LogP contribution in [0.3, 0.4) is 0 Å². The molecule has 2 aromatic rings. The molecule has 24 heavy (non-hydrogen) atoms. The number of rotatable bonds is 5. The largest absolute Gasteiger partial charge is 0.491 e. The van der Waals surface area contributed by atoms with Gasteiger partial charge in [-0.1, -0.05) is 35.9 Å². The summed E-state index contributed by atoms with van der Waals surface area (Å²) in [5, 5.41) is 6.52. The summed E-state index contributed by atoms with van der Waals surface area (Å²) in [6, 6.07) is 14.4. The van der Waals surface area contributed by atoms with E-state index in [-0.39, 0.29) is 17.1 Å². The molecule has 0 saturated carbocycles. The molecule has 2 aromatic carbocycles. The Morgan fingerprint density at radius 3 is 2.67 bits per heavy atom. The van der Waals surface area contributed by atoms with Crippen molar-refractivity contribution in [3.63, 3.8) is 0 Å². The van der Waals surface area contributed by atoms with E-state index in [9.17, 15) is 4.79 Å². The smallest absolute Gasteiger partial charge is 0.257 e. The number of amides is 1. The summed E-state index contributed by atoms with van der Waals surface area (Å²) in [7, 11) is 0. The van der Waals surface area contributed by atoms with E-state index in [2.05, 4.69) is 10.6 Å². The molecule has 0 fully saturated rings. The summed E-state index contributed by atoms with van der Waals surface area (Å²) in [4.78, 5) is 12.3. The van der Waals surface area contributed by atoms with Crippen LogP contribution in [0, 0.1) is 0 Å². The zero-order valence-electron chi connectivity index (χ0n) is 13.5. The number of halogens is 1. The number of ether oxygens (including phenoxy) is 1. The van der Waals surface area contributed by atoms with Gasteiger partial charge < -0.3 is 10.1 Å². The lowest BCUT2D eigenvalue weighted by Gasteiger charge is -2.12. The molecule has 0 radical (unpaired) electrons. The van der Waals surface area contributed by atoms with Gasteiger partial charge in [0.05, 0.1) is 6.10 Å². The molecule has 0 heterocycles. The fourth-order valence-corrected chi connectivity index (χ4v) is 2.39. The van der Waals surface area contributed by atoms with Crippen molar-refractivity contribution in [3.05, 3.63) is 64.7 Å². The SMILES string of the molecule is CC(C)Oc1cccc(C(=O)NC(=S)NCc2ccccc2Cl)c1. The number of hydrogen-bond donors (Lipinski definition) is 2. The number of hydrogen-bond acceptors (Lipinski definition) is 3. The quantitative estimate of drug-likeness (QED) is 0.791. The molecule has 0 aliphatic rings. The number of benzene rings is 2. The Balaban J connectivity index is 1.92. The molecular weight excluding hydrogens is 344 g/mol. The molecule has 1 amide bonds. The van der Waals surface area contributed by atoms with Gasteiger partial charge in [-0.25, -0.2) is 0 Å². The van der Waals surface area contributed by atoms with Gasteiger partial charge in [-0.05, 0) is 55.9 Å². The summed E-state index contributed by atoms with van der Waals surface area (Å²) < 4.78 is 5.59. The first-order valence-electron chi connectivity index (χ1n) is 7.55. The molecule has 4 nitrogen and oxygen atoms in total. The maximum Gasteiger partial charge on any atom is 0.257 e. The first-order valence-corrected chi connectivity index (χ1v) is 8.33. The lowest BCUT2D eigenvalue weighted by atomic mass is 10.2. The highest BCUT2D eigenvalue weighted by molar-refractivity contribution is 7.80. The fourth-order valence-electron chi connectivity index (χ4n) is 2.02. The van der Waals surface area contributed by atoms with Crippen molar-refractivity contribution in [2.45, 2.75) is 26.5 Å². The molecule has 0 unspecified atom stereocenters. The van der Waals surface area contributed by atoms with Crippen molar-refractivity contribution < 1.29 is 9.53 Å². The number of nitrogens with one attached hydrogen (secondary N) is 2. The van der Waals surface area contributed by atoms with E-state index in [1.165, 1.54) is 0 Å². The van der Waals surface area contributed by atoms with Crippen LogP contribution >= 0.6 is 23.8 Å². The summed E-state index contributed by atoms with van der Waals surface area (Å²) in [6.45, 7) is 4.30. The molecule has 0 aliphatic carbocycles. The van der Waals surface area contributed by atoms with Gasteiger partial charge in [-0.3, -0.25) is 10.1 Å². The summed E-state index contributed by atoms with van der Waals surface area (Å²) in [6.07, 6.45) is 0.0432. The Bertz CT molecular complexity index is 734. The third kappa shape index (κ3) is 5.51. The second-order valence-electron chi connectivity index (χ2n) is 5.42. The first kappa shape index (κ1) is 18.2. The average molecular weight is 363 g/mol. The molecule has 2 N–H and O–H groups in total. The highest BCUT2D eigenvalue weighted by Crippen LogP contribution is 2.15. The van der Waals surface area contributed by atoms with E-state index in [0.29, 0.717) is 22.9 Å². The van der Waals surface area contributed by atoms with Gasteiger partial charge in [0.1, 0.15) is 5.75 Å². The summed E-state index contributed by atoms with van der Waals surface area (Å²) in [5.41, 5.74) is 1.39. The standard InChI is InChI=1S/C18H19ClN2O2S/c1-12(2)23-15-8-5-7-13(10-15)17(22)21-18(24)20-11-14-6-3-4-9-16(14)19/h3-10,12H,11H2,1-2H3,(H2,20,21,22,24). The van der Waals surface area contributed by atoms with Crippen molar-refractivity contribution in [1.29, 1.82) is 0 Å². The van der Waals surface area contributed by atoms with Crippen molar-refractivity contribution in [3.8, 4) is 5.75 Å². The van der Waals surface area contributed by atoms with E-state index in [0.717, 1.165) is 5.56 Å². The Morgan fingerprint density at radius 2 is 1.96 bits per heavy atom. The maximum atomic E-state index is 12.3. The van der Waals surface area contributed by atoms with Gasteiger partial charge in [0.15, 0.2) is 5.11 Å². The topological polar surface area (TPSA) is 50.4 Å². The predicted octanol–water partition coefficient (Wildman–Crippen LogP) is 3.93. The molecule has 0 aromatic heterocycles. The monoisotopic (exact) mass is 362 g/mol. The van der Waals surface area contributed by atoms with E-state index in [4.69, 9.17) is 28.6 Å². The van der Waals surface area contributed by atoms with Crippen LogP contribution in [0.15, 0.2) is 48.5 Å². The van der Waals surface area contributed by atoms with Crippen molar-refractivity contribution in [2.75, 3.05) is 0 Å². The van der Waals surface area contributed by atoms with E-state index in [1.807, 2.05) is 38.1 Å². The number of carbonyl (C=O) groups is 1. The van der Waals surface area contributed by atoms with Gasteiger partial charge in [0.2, 0.25) is 0 Å². The zero-order valence-corrected chi connectivity index (χ0v) is 15.1. The van der Waals surface area contributed by atoms with E-state index < -0.39 is 0 Å². The van der Waals surface area contributed by atoms with Crippen LogP contribution in [0.25, 0.3) is 0 Å².